The van der Waals surface area contributed by atoms with Crippen LogP contribution >= 0.6 is 0 Å². The van der Waals surface area contributed by atoms with Gasteiger partial charge in [0, 0.05) is 0 Å². The van der Waals surface area contributed by atoms with Crippen molar-refractivity contribution in [2.24, 2.45) is 0 Å². The molecule has 3 heteroatoms. The van der Waals surface area contributed by atoms with Crippen molar-refractivity contribution in [1.29, 1.82) is 0 Å². The molecule has 0 spiro atoms. The van der Waals surface area contributed by atoms with Gasteiger partial charge in [-0.15, -0.1) is 0 Å². The fourth-order valence-electron chi connectivity index (χ4n) is 3.42. The van der Waals surface area contributed by atoms with Crippen LogP contribution in [0.2, 0.25) is 0 Å². The highest BCUT2D eigenvalue weighted by molar-refractivity contribution is 5.90. The van der Waals surface area contributed by atoms with Crippen LogP contribution in [0.4, 0.5) is 0 Å². The van der Waals surface area contributed by atoms with Gasteiger partial charge >= 0.3 is 5.97 Å². The Bertz CT molecular complexity index is 498. The molecule has 0 N–H and O–H groups in total. The van der Waals surface area contributed by atoms with E-state index in [-0.39, 0.29) is 12.1 Å². The van der Waals surface area contributed by atoms with Crippen molar-refractivity contribution in [3.63, 3.8) is 0 Å². The molecular weight excluding hydrogens is 300 g/mol. The minimum absolute atomic E-state index is 0.0409. The van der Waals surface area contributed by atoms with Crippen LogP contribution in [0.15, 0.2) is 18.2 Å². The largest absolute Gasteiger partial charge is 0.373 e. The monoisotopic (exact) mass is 332 g/mol. The maximum atomic E-state index is 12.2. The Hall–Kier alpha value is -1.35. The molecule has 2 rings (SSSR count). The SMILES string of the molecule is Cc1ccc(C(=O)OOC2CCCCCCCCCCC2)c(C)c1. The Morgan fingerprint density at radius 3 is 1.96 bits per heavy atom. The highest BCUT2D eigenvalue weighted by Gasteiger charge is 2.16. The second-order valence-corrected chi connectivity index (χ2v) is 7.17. The first-order valence-electron chi connectivity index (χ1n) is 9.62. The molecule has 1 aliphatic rings. The van der Waals surface area contributed by atoms with Gasteiger partial charge in [0.25, 0.3) is 0 Å². The summed E-state index contributed by atoms with van der Waals surface area (Å²) in [6.45, 7) is 3.95. The maximum Gasteiger partial charge on any atom is 0.373 e. The minimum atomic E-state index is -0.376. The summed E-state index contributed by atoms with van der Waals surface area (Å²) in [6, 6.07) is 5.74. The van der Waals surface area contributed by atoms with Crippen LogP contribution in [0.25, 0.3) is 0 Å². The van der Waals surface area contributed by atoms with Gasteiger partial charge in [-0.05, 0) is 38.3 Å². The lowest BCUT2D eigenvalue weighted by atomic mass is 9.99. The molecule has 1 fully saturated rings. The molecule has 0 unspecified atom stereocenters. The number of hydrogen-bond acceptors (Lipinski definition) is 3. The summed E-state index contributed by atoms with van der Waals surface area (Å²) in [5.74, 6) is -0.376. The van der Waals surface area contributed by atoms with Crippen LogP contribution in [0.3, 0.4) is 0 Å². The van der Waals surface area contributed by atoms with Gasteiger partial charge in [0.1, 0.15) is 6.10 Å². The topological polar surface area (TPSA) is 35.5 Å². The zero-order chi connectivity index (χ0) is 17.2. The van der Waals surface area contributed by atoms with Crippen molar-refractivity contribution in [2.45, 2.75) is 90.6 Å². The normalized spacial score (nSPS) is 18.4. The van der Waals surface area contributed by atoms with E-state index < -0.39 is 0 Å². The Labute approximate surface area is 146 Å². The molecule has 1 aromatic rings. The lowest BCUT2D eigenvalue weighted by molar-refractivity contribution is -0.277. The maximum absolute atomic E-state index is 12.2. The van der Waals surface area contributed by atoms with Crippen LogP contribution in [0.5, 0.6) is 0 Å². The predicted molar refractivity (Wildman–Crippen MR) is 97.0 cm³/mol. The molecule has 0 aliphatic heterocycles. The van der Waals surface area contributed by atoms with E-state index in [9.17, 15) is 4.79 Å². The average Bonchev–Trinajstić information content (AvgIpc) is 2.54. The molecule has 1 saturated carbocycles. The zero-order valence-electron chi connectivity index (χ0n) is 15.3. The van der Waals surface area contributed by atoms with E-state index in [0.717, 1.165) is 36.8 Å². The highest BCUT2D eigenvalue weighted by Crippen LogP contribution is 2.20. The number of hydrogen-bond donors (Lipinski definition) is 0. The summed E-state index contributed by atoms with van der Waals surface area (Å²) in [5, 5.41) is 0. The first kappa shape index (κ1) is 19.0. The Balaban J connectivity index is 1.83. The third-order valence-electron chi connectivity index (χ3n) is 4.91. The predicted octanol–water partition coefficient (Wildman–Crippen LogP) is 6.07. The Morgan fingerprint density at radius 2 is 1.42 bits per heavy atom. The van der Waals surface area contributed by atoms with Crippen molar-refractivity contribution in [2.75, 3.05) is 0 Å². The number of carbonyl (C=O) groups excluding carboxylic acids is 1. The van der Waals surface area contributed by atoms with Gasteiger partial charge in [0.2, 0.25) is 0 Å². The van der Waals surface area contributed by atoms with Crippen LogP contribution < -0.4 is 0 Å². The van der Waals surface area contributed by atoms with Crippen LogP contribution in [-0.4, -0.2) is 12.1 Å². The van der Waals surface area contributed by atoms with E-state index in [4.69, 9.17) is 9.78 Å². The van der Waals surface area contributed by atoms with E-state index >= 15 is 0 Å². The lowest BCUT2D eigenvalue weighted by Crippen LogP contribution is -2.17. The quantitative estimate of drug-likeness (QED) is 0.498. The van der Waals surface area contributed by atoms with Gasteiger partial charge in [-0.1, -0.05) is 75.5 Å². The van der Waals surface area contributed by atoms with Gasteiger partial charge in [-0.3, -0.25) is 4.89 Å². The Kier molecular flexibility index (Phi) is 8.31. The second kappa shape index (κ2) is 10.5. The van der Waals surface area contributed by atoms with E-state index in [2.05, 4.69) is 0 Å². The number of rotatable bonds is 3. The summed E-state index contributed by atoms with van der Waals surface area (Å²) in [7, 11) is 0. The van der Waals surface area contributed by atoms with Crippen molar-refractivity contribution in [1.82, 2.24) is 0 Å². The van der Waals surface area contributed by atoms with E-state index in [1.807, 2.05) is 32.0 Å². The minimum Gasteiger partial charge on any atom is -0.293 e. The first-order chi connectivity index (χ1) is 11.7. The molecule has 0 saturated heterocycles. The van der Waals surface area contributed by atoms with Crippen molar-refractivity contribution in [3.8, 4) is 0 Å². The molecule has 0 heterocycles. The van der Waals surface area contributed by atoms with Gasteiger partial charge in [-0.2, -0.15) is 4.89 Å². The molecular formula is C21H32O3. The average molecular weight is 332 g/mol. The van der Waals surface area contributed by atoms with E-state index in [1.165, 1.54) is 44.9 Å². The molecule has 24 heavy (non-hydrogen) atoms. The van der Waals surface area contributed by atoms with Crippen molar-refractivity contribution < 1.29 is 14.6 Å². The molecule has 0 amide bonds. The molecule has 0 radical (unpaired) electrons. The summed E-state index contributed by atoms with van der Waals surface area (Å²) in [6.07, 6.45) is 13.6. The number of aryl methyl sites for hydroxylation is 2. The summed E-state index contributed by atoms with van der Waals surface area (Å²) in [5.41, 5.74) is 2.67. The van der Waals surface area contributed by atoms with Crippen LogP contribution in [0.1, 0.15) is 92.1 Å². The molecule has 0 atom stereocenters. The molecule has 0 aromatic heterocycles. The highest BCUT2D eigenvalue weighted by atomic mass is 17.2. The third kappa shape index (κ3) is 6.64. The number of benzene rings is 1. The van der Waals surface area contributed by atoms with Crippen molar-refractivity contribution in [3.05, 3.63) is 34.9 Å². The zero-order valence-corrected chi connectivity index (χ0v) is 15.3. The number of carbonyl (C=O) groups is 1. The standard InChI is InChI=1S/C21H32O3/c1-17-14-15-20(18(2)16-17)21(22)24-23-19-12-10-8-6-4-3-5-7-9-11-13-19/h14-16,19H,3-13H2,1-2H3. The van der Waals surface area contributed by atoms with Crippen LogP contribution in [-0.2, 0) is 9.78 Å². The summed E-state index contributed by atoms with van der Waals surface area (Å²) in [4.78, 5) is 23.0. The molecule has 1 aromatic carbocycles. The third-order valence-corrected chi connectivity index (χ3v) is 4.91. The molecule has 1 aliphatic carbocycles. The molecule has 0 bridgehead atoms. The summed E-state index contributed by atoms with van der Waals surface area (Å²) < 4.78 is 0. The molecule has 3 nitrogen and oxygen atoms in total. The van der Waals surface area contributed by atoms with Gasteiger partial charge in [0.15, 0.2) is 0 Å². The smallest absolute Gasteiger partial charge is 0.293 e. The second-order valence-electron chi connectivity index (χ2n) is 7.17. The van der Waals surface area contributed by atoms with Gasteiger partial charge in [0.05, 0.1) is 5.56 Å². The molecule has 134 valence electrons. The van der Waals surface area contributed by atoms with Crippen LogP contribution in [0, 0.1) is 13.8 Å². The first-order valence-corrected chi connectivity index (χ1v) is 9.62. The summed E-state index contributed by atoms with van der Waals surface area (Å²) >= 11 is 0. The van der Waals surface area contributed by atoms with Crippen molar-refractivity contribution >= 4 is 5.97 Å². The fraction of sp³-hybridized carbons (Fsp3) is 0.667. The lowest BCUT2D eigenvalue weighted by Gasteiger charge is -2.17. The Morgan fingerprint density at radius 1 is 0.875 bits per heavy atom. The van der Waals surface area contributed by atoms with E-state index in [1.54, 1.807) is 0 Å². The fourth-order valence-corrected chi connectivity index (χ4v) is 3.42. The van der Waals surface area contributed by atoms with Gasteiger partial charge in [-0.25, -0.2) is 4.79 Å². The van der Waals surface area contributed by atoms with E-state index in [0.29, 0.717) is 5.56 Å². The van der Waals surface area contributed by atoms with Gasteiger partial charge < -0.3 is 0 Å².